The number of rotatable bonds is 4. The number of aromatic nitrogens is 2. The highest BCUT2D eigenvalue weighted by molar-refractivity contribution is 6.07. The number of hydrogen-bond donors (Lipinski definition) is 0. The first-order chi connectivity index (χ1) is 14.7. The predicted molar refractivity (Wildman–Crippen MR) is 104 cm³/mol. The average molecular weight is 432 g/mol. The van der Waals surface area contributed by atoms with E-state index in [-0.39, 0.29) is 29.4 Å². The van der Waals surface area contributed by atoms with Crippen LogP contribution in [0.4, 0.5) is 24.5 Å². The summed E-state index contributed by atoms with van der Waals surface area (Å²) in [6.45, 7) is 0.287. The molecule has 0 fully saturated rings. The van der Waals surface area contributed by atoms with E-state index >= 15 is 0 Å². The van der Waals surface area contributed by atoms with Crippen LogP contribution in [0.15, 0.2) is 48.7 Å². The standard InChI is InChI=1S/C20H15F3N4O4/c1-31-17-11-26(14-4-2-3-13(9-14)20(21,22)23)24-18(17)19(28)25-8-7-12-5-6-15(27(29)30)10-16(12)25/h2-6,9-11H,7-8H2,1H3. The van der Waals surface area contributed by atoms with E-state index in [1.165, 1.54) is 42.5 Å². The van der Waals surface area contributed by atoms with Gasteiger partial charge < -0.3 is 9.64 Å². The van der Waals surface area contributed by atoms with Crippen LogP contribution in [-0.4, -0.2) is 34.3 Å². The summed E-state index contributed by atoms with van der Waals surface area (Å²) in [6, 6.07) is 8.79. The largest absolute Gasteiger partial charge is 0.493 e. The fourth-order valence-corrected chi connectivity index (χ4v) is 3.43. The summed E-state index contributed by atoms with van der Waals surface area (Å²) in [5.41, 5.74) is 0.155. The Bertz CT molecular complexity index is 1190. The number of carbonyl (C=O) groups excluding carboxylic acids is 1. The number of ether oxygens (including phenoxy) is 1. The lowest BCUT2D eigenvalue weighted by molar-refractivity contribution is -0.384. The van der Waals surface area contributed by atoms with E-state index in [2.05, 4.69) is 5.10 Å². The summed E-state index contributed by atoms with van der Waals surface area (Å²) in [5, 5.41) is 15.2. The highest BCUT2D eigenvalue weighted by Gasteiger charge is 2.32. The van der Waals surface area contributed by atoms with Gasteiger partial charge in [-0.15, -0.1) is 0 Å². The Hall–Kier alpha value is -3.89. The van der Waals surface area contributed by atoms with E-state index in [0.717, 1.165) is 22.4 Å². The van der Waals surface area contributed by atoms with Crippen molar-refractivity contribution in [1.29, 1.82) is 0 Å². The topological polar surface area (TPSA) is 90.5 Å². The molecule has 31 heavy (non-hydrogen) atoms. The number of benzene rings is 2. The molecule has 1 aliphatic rings. The number of alkyl halides is 3. The molecule has 0 N–H and O–H groups in total. The van der Waals surface area contributed by atoms with E-state index in [1.54, 1.807) is 6.07 Å². The van der Waals surface area contributed by atoms with Crippen molar-refractivity contribution >= 4 is 17.3 Å². The van der Waals surface area contributed by atoms with Crippen molar-refractivity contribution < 1.29 is 27.6 Å². The van der Waals surface area contributed by atoms with Crippen LogP contribution < -0.4 is 9.64 Å². The molecule has 2 aromatic carbocycles. The third kappa shape index (κ3) is 3.69. The van der Waals surface area contributed by atoms with Crippen molar-refractivity contribution in [1.82, 2.24) is 9.78 Å². The van der Waals surface area contributed by atoms with Crippen LogP contribution in [0.3, 0.4) is 0 Å². The second-order valence-electron chi connectivity index (χ2n) is 6.82. The van der Waals surface area contributed by atoms with Crippen LogP contribution in [0.5, 0.6) is 5.75 Å². The van der Waals surface area contributed by atoms with E-state index in [4.69, 9.17) is 4.74 Å². The van der Waals surface area contributed by atoms with Gasteiger partial charge in [-0.2, -0.15) is 18.3 Å². The van der Waals surface area contributed by atoms with Gasteiger partial charge in [0.05, 0.1) is 35.2 Å². The fraction of sp³-hybridized carbons (Fsp3) is 0.200. The van der Waals surface area contributed by atoms with Gasteiger partial charge in [-0.1, -0.05) is 12.1 Å². The zero-order chi connectivity index (χ0) is 22.3. The summed E-state index contributed by atoms with van der Waals surface area (Å²) < 4.78 is 45.4. The van der Waals surface area contributed by atoms with Gasteiger partial charge in [0.1, 0.15) is 0 Å². The number of carbonyl (C=O) groups is 1. The minimum absolute atomic E-state index is 0.0706. The third-order valence-electron chi connectivity index (χ3n) is 4.96. The van der Waals surface area contributed by atoms with E-state index in [0.29, 0.717) is 12.1 Å². The highest BCUT2D eigenvalue weighted by atomic mass is 19.4. The molecule has 0 atom stereocenters. The Balaban J connectivity index is 1.71. The molecule has 1 aromatic heterocycles. The van der Waals surface area contributed by atoms with Gasteiger partial charge in [-0.3, -0.25) is 14.9 Å². The lowest BCUT2D eigenvalue weighted by Crippen LogP contribution is -2.29. The molecular weight excluding hydrogens is 417 g/mol. The summed E-state index contributed by atoms with van der Waals surface area (Å²) in [7, 11) is 1.31. The lowest BCUT2D eigenvalue weighted by Gasteiger charge is -2.16. The molecule has 0 spiro atoms. The van der Waals surface area contributed by atoms with Crippen molar-refractivity contribution in [2.75, 3.05) is 18.6 Å². The zero-order valence-corrected chi connectivity index (χ0v) is 16.1. The molecule has 0 saturated heterocycles. The number of hydrogen-bond acceptors (Lipinski definition) is 5. The molecule has 1 amide bonds. The molecule has 1 aliphatic heterocycles. The fourth-order valence-electron chi connectivity index (χ4n) is 3.43. The highest BCUT2D eigenvalue weighted by Crippen LogP contribution is 2.34. The molecule has 160 valence electrons. The predicted octanol–water partition coefficient (Wildman–Crippen LogP) is 4.01. The maximum atomic E-state index is 13.2. The van der Waals surface area contributed by atoms with Crippen LogP contribution in [0, 0.1) is 10.1 Å². The van der Waals surface area contributed by atoms with Crippen LogP contribution in [0.2, 0.25) is 0 Å². The molecule has 3 aromatic rings. The summed E-state index contributed by atoms with van der Waals surface area (Å²) in [5.74, 6) is -0.497. The molecule has 0 unspecified atom stereocenters. The van der Waals surface area contributed by atoms with Crippen LogP contribution in [0.25, 0.3) is 5.69 Å². The van der Waals surface area contributed by atoms with Gasteiger partial charge in [-0.05, 0) is 30.2 Å². The summed E-state index contributed by atoms with van der Waals surface area (Å²) in [4.78, 5) is 25.1. The van der Waals surface area contributed by atoms with Crippen LogP contribution in [-0.2, 0) is 12.6 Å². The number of nitro groups is 1. The van der Waals surface area contributed by atoms with Gasteiger partial charge in [0.2, 0.25) is 0 Å². The minimum atomic E-state index is -4.53. The van der Waals surface area contributed by atoms with Gasteiger partial charge >= 0.3 is 6.18 Å². The van der Waals surface area contributed by atoms with Gasteiger partial charge in [0, 0.05) is 18.7 Å². The van der Waals surface area contributed by atoms with Gasteiger partial charge in [0.25, 0.3) is 11.6 Å². The van der Waals surface area contributed by atoms with E-state index in [1.807, 2.05) is 0 Å². The molecule has 0 bridgehead atoms. The minimum Gasteiger partial charge on any atom is -0.493 e. The van der Waals surface area contributed by atoms with E-state index in [9.17, 15) is 28.1 Å². The number of anilines is 1. The molecule has 8 nitrogen and oxygen atoms in total. The SMILES string of the molecule is COc1cn(-c2cccc(C(F)(F)F)c2)nc1C(=O)N1CCc2ccc([N+](=O)[O-])cc21. The number of nitro benzene ring substituents is 1. The monoisotopic (exact) mass is 432 g/mol. The van der Waals surface area contributed by atoms with Gasteiger partial charge in [-0.25, -0.2) is 4.68 Å². The molecule has 4 rings (SSSR count). The Morgan fingerprint density at radius 3 is 2.68 bits per heavy atom. The van der Waals surface area contributed by atoms with Crippen molar-refractivity contribution in [2.45, 2.75) is 12.6 Å². The molecule has 0 aliphatic carbocycles. The lowest BCUT2D eigenvalue weighted by atomic mass is 10.1. The molecule has 0 saturated carbocycles. The first kappa shape index (κ1) is 20.4. The maximum Gasteiger partial charge on any atom is 0.416 e. The number of nitrogens with zero attached hydrogens (tertiary/aromatic N) is 4. The van der Waals surface area contributed by atoms with Crippen molar-refractivity contribution in [2.24, 2.45) is 0 Å². The molecule has 2 heterocycles. The molecular formula is C20H15F3N4O4. The van der Waals surface area contributed by atoms with E-state index < -0.39 is 22.6 Å². The molecule has 11 heteroatoms. The smallest absolute Gasteiger partial charge is 0.416 e. The second-order valence-corrected chi connectivity index (χ2v) is 6.82. The first-order valence-corrected chi connectivity index (χ1v) is 9.09. The third-order valence-corrected chi connectivity index (χ3v) is 4.96. The maximum absolute atomic E-state index is 13.2. The average Bonchev–Trinajstić information content (AvgIpc) is 3.36. The zero-order valence-electron chi connectivity index (χ0n) is 16.1. The van der Waals surface area contributed by atoms with Crippen LogP contribution >= 0.6 is 0 Å². The Morgan fingerprint density at radius 1 is 1.23 bits per heavy atom. The van der Waals surface area contributed by atoms with Crippen molar-refractivity contribution in [3.05, 3.63) is 75.6 Å². The Kier molecular flexibility index (Phi) is 4.88. The van der Waals surface area contributed by atoms with Crippen molar-refractivity contribution in [3.63, 3.8) is 0 Å². The normalized spacial score (nSPS) is 13.2. The number of non-ortho nitro benzene ring substituents is 1. The Morgan fingerprint density at radius 2 is 2.00 bits per heavy atom. The number of amides is 1. The van der Waals surface area contributed by atoms with Gasteiger partial charge in [0.15, 0.2) is 11.4 Å². The number of fused-ring (bicyclic) bond motifs is 1. The second kappa shape index (κ2) is 7.42. The number of halogens is 3. The van der Waals surface area contributed by atoms with Crippen LogP contribution in [0.1, 0.15) is 21.6 Å². The summed E-state index contributed by atoms with van der Waals surface area (Å²) >= 11 is 0. The first-order valence-electron chi connectivity index (χ1n) is 9.09. The summed E-state index contributed by atoms with van der Waals surface area (Å²) in [6.07, 6.45) is -2.71. The quantitative estimate of drug-likeness (QED) is 0.459. The van der Waals surface area contributed by atoms with Crippen molar-refractivity contribution in [3.8, 4) is 11.4 Å². The molecule has 0 radical (unpaired) electrons. The number of methoxy groups -OCH3 is 1. The Labute approximate surface area is 173 Å².